The number of ether oxygens (including phenoxy) is 1. The van der Waals surface area contributed by atoms with E-state index in [1.807, 2.05) is 6.92 Å². The highest BCUT2D eigenvalue weighted by molar-refractivity contribution is 5.81. The molecule has 4 nitrogen and oxygen atoms in total. The van der Waals surface area contributed by atoms with Crippen molar-refractivity contribution in [2.45, 2.75) is 44.8 Å². The van der Waals surface area contributed by atoms with Gasteiger partial charge in [0.2, 0.25) is 5.91 Å². The highest BCUT2D eigenvalue weighted by Gasteiger charge is 2.21. The predicted octanol–water partition coefficient (Wildman–Crippen LogP) is 2.24. The lowest BCUT2D eigenvalue weighted by atomic mass is 10.0. The Morgan fingerprint density at radius 3 is 2.95 bits per heavy atom. The molecule has 0 aromatic heterocycles. The molecule has 2 unspecified atom stereocenters. The zero-order valence-corrected chi connectivity index (χ0v) is 12.4. The molecule has 0 radical (unpaired) electrons. The van der Waals surface area contributed by atoms with E-state index in [-0.39, 0.29) is 29.6 Å². The van der Waals surface area contributed by atoms with Gasteiger partial charge in [0, 0.05) is 0 Å². The summed E-state index contributed by atoms with van der Waals surface area (Å²) in [6, 6.07) is 6.22. The number of piperidine rings is 1. The Balaban J connectivity index is 1.82. The molecule has 2 atom stereocenters. The summed E-state index contributed by atoms with van der Waals surface area (Å²) >= 11 is 0. The van der Waals surface area contributed by atoms with Gasteiger partial charge in [-0.25, -0.2) is 4.39 Å². The molecule has 2 N–H and O–H groups in total. The van der Waals surface area contributed by atoms with E-state index in [0.29, 0.717) is 13.0 Å². The Morgan fingerprint density at radius 1 is 1.48 bits per heavy atom. The summed E-state index contributed by atoms with van der Waals surface area (Å²) in [4.78, 5) is 12.0. The maximum absolute atomic E-state index is 13.6. The molecular formula is C16H23FN2O2. The standard InChI is InChI=1S/C16H23FN2O2/c1-2-12(21-15-9-4-3-7-13(15)17)11-19-16(20)14-8-5-6-10-18-14/h3-4,7,9,12,14,18H,2,5-6,8,10-11H2,1H3,(H,19,20). The first-order valence-electron chi connectivity index (χ1n) is 7.63. The first kappa shape index (κ1) is 15.8. The minimum absolute atomic E-state index is 0.00489. The average molecular weight is 294 g/mol. The van der Waals surface area contributed by atoms with Crippen molar-refractivity contribution in [1.82, 2.24) is 10.6 Å². The molecule has 1 aromatic rings. The number of amides is 1. The fourth-order valence-electron chi connectivity index (χ4n) is 2.40. The van der Waals surface area contributed by atoms with Crippen LogP contribution >= 0.6 is 0 Å². The first-order chi connectivity index (χ1) is 10.2. The number of carbonyl (C=O) groups excluding carboxylic acids is 1. The van der Waals surface area contributed by atoms with E-state index in [1.54, 1.807) is 18.2 Å². The molecule has 5 heteroatoms. The fourth-order valence-corrected chi connectivity index (χ4v) is 2.40. The van der Waals surface area contributed by atoms with Gasteiger partial charge in [-0.05, 0) is 37.9 Å². The second kappa shape index (κ2) is 7.98. The molecule has 0 spiro atoms. The van der Waals surface area contributed by atoms with Crippen LogP contribution in [0.25, 0.3) is 0 Å². The molecule has 21 heavy (non-hydrogen) atoms. The molecule has 1 heterocycles. The van der Waals surface area contributed by atoms with Crippen molar-refractivity contribution in [3.63, 3.8) is 0 Å². The number of carbonyl (C=O) groups is 1. The number of nitrogens with one attached hydrogen (secondary N) is 2. The van der Waals surface area contributed by atoms with Crippen LogP contribution in [0.4, 0.5) is 4.39 Å². The van der Waals surface area contributed by atoms with E-state index >= 15 is 0 Å². The Morgan fingerprint density at radius 2 is 2.29 bits per heavy atom. The maximum Gasteiger partial charge on any atom is 0.237 e. The summed E-state index contributed by atoms with van der Waals surface area (Å²) in [5.41, 5.74) is 0. The summed E-state index contributed by atoms with van der Waals surface area (Å²) in [5.74, 6) is -0.143. The molecule has 0 saturated carbocycles. The van der Waals surface area contributed by atoms with Gasteiger partial charge in [-0.2, -0.15) is 0 Å². The molecule has 0 bridgehead atoms. The van der Waals surface area contributed by atoms with Gasteiger partial charge in [-0.15, -0.1) is 0 Å². The van der Waals surface area contributed by atoms with Crippen molar-refractivity contribution >= 4 is 5.91 Å². The third-order valence-corrected chi connectivity index (χ3v) is 3.72. The third kappa shape index (κ3) is 4.70. The van der Waals surface area contributed by atoms with Gasteiger partial charge in [-0.1, -0.05) is 25.5 Å². The SMILES string of the molecule is CCC(CNC(=O)C1CCCCN1)Oc1ccccc1F. The van der Waals surface area contributed by atoms with E-state index in [9.17, 15) is 9.18 Å². The van der Waals surface area contributed by atoms with Crippen LogP contribution in [0.1, 0.15) is 32.6 Å². The van der Waals surface area contributed by atoms with Crippen LogP contribution in [0, 0.1) is 5.82 Å². The summed E-state index contributed by atoms with van der Waals surface area (Å²) in [6.45, 7) is 3.24. The van der Waals surface area contributed by atoms with Crippen molar-refractivity contribution in [3.05, 3.63) is 30.1 Å². The van der Waals surface area contributed by atoms with Crippen LogP contribution in [0.5, 0.6) is 5.75 Å². The first-order valence-corrected chi connectivity index (χ1v) is 7.63. The largest absolute Gasteiger partial charge is 0.486 e. The normalized spacial score (nSPS) is 19.8. The number of benzene rings is 1. The maximum atomic E-state index is 13.6. The van der Waals surface area contributed by atoms with Gasteiger partial charge in [0.1, 0.15) is 6.10 Å². The minimum Gasteiger partial charge on any atom is -0.486 e. The molecule has 1 aromatic carbocycles. The van der Waals surface area contributed by atoms with Crippen molar-refractivity contribution < 1.29 is 13.9 Å². The predicted molar refractivity (Wildman–Crippen MR) is 79.8 cm³/mol. The van der Waals surface area contributed by atoms with E-state index in [4.69, 9.17) is 4.74 Å². The van der Waals surface area contributed by atoms with Gasteiger partial charge in [-0.3, -0.25) is 4.79 Å². The number of para-hydroxylation sites is 1. The Labute approximate surface area is 125 Å². The summed E-state index contributed by atoms with van der Waals surface area (Å²) in [7, 11) is 0. The quantitative estimate of drug-likeness (QED) is 0.846. The van der Waals surface area contributed by atoms with Gasteiger partial charge in [0.05, 0.1) is 12.6 Å². The highest BCUT2D eigenvalue weighted by Crippen LogP contribution is 2.17. The highest BCUT2D eigenvalue weighted by atomic mass is 19.1. The number of hydrogen-bond donors (Lipinski definition) is 2. The number of halogens is 1. The second-order valence-corrected chi connectivity index (χ2v) is 5.33. The van der Waals surface area contributed by atoms with Crippen LogP contribution in [0.3, 0.4) is 0 Å². The summed E-state index contributed by atoms with van der Waals surface area (Å²) in [6.07, 6.45) is 3.55. The molecule has 116 valence electrons. The topological polar surface area (TPSA) is 50.4 Å². The molecule has 1 aliphatic heterocycles. The Bertz CT molecular complexity index is 461. The molecular weight excluding hydrogens is 271 g/mol. The van der Waals surface area contributed by atoms with E-state index in [2.05, 4.69) is 10.6 Å². The second-order valence-electron chi connectivity index (χ2n) is 5.33. The van der Waals surface area contributed by atoms with Gasteiger partial charge in [0.25, 0.3) is 0 Å². The van der Waals surface area contributed by atoms with Gasteiger partial charge >= 0.3 is 0 Å². The Kier molecular flexibility index (Phi) is 5.99. The summed E-state index contributed by atoms with van der Waals surface area (Å²) in [5, 5.41) is 6.10. The number of rotatable bonds is 6. The van der Waals surface area contributed by atoms with Crippen LogP contribution in [0.2, 0.25) is 0 Å². The van der Waals surface area contributed by atoms with Crippen molar-refractivity contribution in [1.29, 1.82) is 0 Å². The lowest BCUT2D eigenvalue weighted by Crippen LogP contribution is -2.48. The smallest absolute Gasteiger partial charge is 0.237 e. The third-order valence-electron chi connectivity index (χ3n) is 3.72. The molecule has 1 aliphatic rings. The minimum atomic E-state index is -0.378. The van der Waals surface area contributed by atoms with Gasteiger partial charge in [0.15, 0.2) is 11.6 Å². The Hall–Kier alpha value is -1.62. The molecule has 1 saturated heterocycles. The van der Waals surface area contributed by atoms with Crippen LogP contribution in [-0.2, 0) is 4.79 Å². The van der Waals surface area contributed by atoms with Crippen LogP contribution in [-0.4, -0.2) is 31.1 Å². The van der Waals surface area contributed by atoms with Crippen molar-refractivity contribution in [2.75, 3.05) is 13.1 Å². The zero-order valence-electron chi connectivity index (χ0n) is 12.4. The number of hydrogen-bond acceptors (Lipinski definition) is 3. The van der Waals surface area contributed by atoms with Crippen LogP contribution in [0.15, 0.2) is 24.3 Å². The monoisotopic (exact) mass is 294 g/mol. The lowest BCUT2D eigenvalue weighted by Gasteiger charge is -2.24. The molecule has 1 amide bonds. The summed E-state index contributed by atoms with van der Waals surface area (Å²) < 4.78 is 19.2. The van der Waals surface area contributed by atoms with E-state index in [1.165, 1.54) is 6.07 Å². The van der Waals surface area contributed by atoms with Crippen LogP contribution < -0.4 is 15.4 Å². The van der Waals surface area contributed by atoms with Gasteiger partial charge < -0.3 is 15.4 Å². The average Bonchev–Trinajstić information content (AvgIpc) is 2.53. The van der Waals surface area contributed by atoms with E-state index < -0.39 is 0 Å². The molecule has 1 fully saturated rings. The van der Waals surface area contributed by atoms with Crippen molar-refractivity contribution in [3.8, 4) is 5.75 Å². The van der Waals surface area contributed by atoms with E-state index in [0.717, 1.165) is 25.8 Å². The fraction of sp³-hybridized carbons (Fsp3) is 0.562. The zero-order chi connectivity index (χ0) is 15.1. The lowest BCUT2D eigenvalue weighted by molar-refractivity contribution is -0.124. The molecule has 0 aliphatic carbocycles. The molecule has 2 rings (SSSR count). The van der Waals surface area contributed by atoms with Crippen molar-refractivity contribution in [2.24, 2.45) is 0 Å².